The van der Waals surface area contributed by atoms with Crippen molar-refractivity contribution >= 4 is 33.6 Å². The highest BCUT2D eigenvalue weighted by molar-refractivity contribution is 7.86. The largest absolute Gasteiger partial charge is 0.372 e. The zero-order valence-corrected chi connectivity index (χ0v) is 12.6. The minimum absolute atomic E-state index is 0.110. The minimum Gasteiger partial charge on any atom is -0.372 e. The summed E-state index contributed by atoms with van der Waals surface area (Å²) in [6.07, 6.45) is 2.82. The summed E-state index contributed by atoms with van der Waals surface area (Å²) < 4.78 is 23.7. The van der Waals surface area contributed by atoms with Gasteiger partial charge in [-0.2, -0.15) is 17.7 Å². The Balaban J connectivity index is 1.96. The molecule has 8 nitrogen and oxygen atoms in total. The van der Waals surface area contributed by atoms with Gasteiger partial charge in [0.05, 0.1) is 6.20 Å². The van der Waals surface area contributed by atoms with Crippen LogP contribution in [0, 0.1) is 0 Å². The van der Waals surface area contributed by atoms with Crippen LogP contribution in [0.1, 0.15) is 12.8 Å². The van der Waals surface area contributed by atoms with Crippen LogP contribution in [-0.2, 0) is 10.2 Å². The number of anilines is 2. The lowest BCUT2D eigenvalue weighted by atomic mass is 10.1. The highest BCUT2D eigenvalue weighted by Gasteiger charge is 2.25. The molecule has 20 heavy (non-hydrogen) atoms. The van der Waals surface area contributed by atoms with Gasteiger partial charge in [-0.05, 0) is 12.8 Å². The Bertz CT molecular complexity index is 573. The monoisotopic (exact) mass is 320 g/mol. The molecule has 1 aromatic rings. The zero-order valence-electron chi connectivity index (χ0n) is 11.0. The van der Waals surface area contributed by atoms with Crippen molar-refractivity contribution < 1.29 is 8.42 Å². The van der Waals surface area contributed by atoms with Gasteiger partial charge in [0.2, 0.25) is 5.95 Å². The van der Waals surface area contributed by atoms with Gasteiger partial charge in [0.25, 0.3) is 10.2 Å². The summed E-state index contributed by atoms with van der Waals surface area (Å²) in [6, 6.07) is 0.110. The molecule has 0 unspecified atom stereocenters. The van der Waals surface area contributed by atoms with Crippen LogP contribution < -0.4 is 15.8 Å². The molecule has 112 valence electrons. The first-order valence-electron chi connectivity index (χ1n) is 6.15. The van der Waals surface area contributed by atoms with Crippen LogP contribution in [0.5, 0.6) is 0 Å². The SMILES string of the molecule is CNc1nc(NC2CCN(S(N)(=O)=O)CC2)ncc1Cl. The molecule has 0 aromatic carbocycles. The van der Waals surface area contributed by atoms with Crippen molar-refractivity contribution in [1.29, 1.82) is 0 Å². The number of nitrogens with one attached hydrogen (secondary N) is 2. The maximum atomic E-state index is 11.2. The van der Waals surface area contributed by atoms with Crippen molar-refractivity contribution in [2.24, 2.45) is 5.14 Å². The number of piperidine rings is 1. The fourth-order valence-corrected chi connectivity index (χ4v) is 2.95. The maximum absolute atomic E-state index is 11.2. The van der Waals surface area contributed by atoms with Crippen molar-refractivity contribution in [2.45, 2.75) is 18.9 Å². The van der Waals surface area contributed by atoms with Gasteiger partial charge in [0.1, 0.15) is 10.8 Å². The first-order chi connectivity index (χ1) is 9.40. The number of aromatic nitrogens is 2. The fraction of sp³-hybridized carbons (Fsp3) is 0.600. The Kier molecular flexibility index (Phi) is 4.63. The number of rotatable bonds is 4. The molecular formula is C10H17ClN6O2S. The van der Waals surface area contributed by atoms with Crippen molar-refractivity contribution in [3.63, 3.8) is 0 Å². The maximum Gasteiger partial charge on any atom is 0.276 e. The second-order valence-corrected chi connectivity index (χ2v) is 6.46. The molecule has 4 N–H and O–H groups in total. The lowest BCUT2D eigenvalue weighted by Crippen LogP contribution is -2.45. The van der Waals surface area contributed by atoms with Gasteiger partial charge >= 0.3 is 0 Å². The first kappa shape index (κ1) is 15.2. The molecule has 1 aliphatic rings. The average molecular weight is 321 g/mol. The van der Waals surface area contributed by atoms with Gasteiger partial charge in [0, 0.05) is 26.2 Å². The Morgan fingerprint density at radius 1 is 1.45 bits per heavy atom. The molecule has 0 spiro atoms. The quantitative estimate of drug-likeness (QED) is 0.733. The average Bonchev–Trinajstić information content (AvgIpc) is 2.40. The molecule has 1 aliphatic heterocycles. The van der Waals surface area contributed by atoms with E-state index in [2.05, 4.69) is 20.6 Å². The lowest BCUT2D eigenvalue weighted by molar-refractivity contribution is 0.329. The molecule has 2 rings (SSSR count). The van der Waals surface area contributed by atoms with E-state index in [0.717, 1.165) is 0 Å². The third kappa shape index (κ3) is 3.69. The Morgan fingerprint density at radius 2 is 2.10 bits per heavy atom. The number of nitrogens with two attached hydrogens (primary N) is 1. The number of halogens is 1. The van der Waals surface area contributed by atoms with Gasteiger partial charge in [0.15, 0.2) is 0 Å². The molecule has 10 heteroatoms. The van der Waals surface area contributed by atoms with E-state index in [4.69, 9.17) is 16.7 Å². The molecule has 2 heterocycles. The molecule has 1 aromatic heterocycles. The van der Waals surface area contributed by atoms with Gasteiger partial charge in [-0.15, -0.1) is 0 Å². The number of hydrogen-bond acceptors (Lipinski definition) is 6. The highest BCUT2D eigenvalue weighted by Crippen LogP contribution is 2.20. The molecule has 0 amide bonds. The summed E-state index contributed by atoms with van der Waals surface area (Å²) in [5.41, 5.74) is 0. The summed E-state index contributed by atoms with van der Waals surface area (Å²) in [6.45, 7) is 0.784. The Hall–Kier alpha value is -1.16. The van der Waals surface area contributed by atoms with Crippen LogP contribution >= 0.6 is 11.6 Å². The van der Waals surface area contributed by atoms with Crippen molar-refractivity contribution in [2.75, 3.05) is 30.8 Å². The molecular weight excluding hydrogens is 304 g/mol. The molecule has 1 fully saturated rings. The van der Waals surface area contributed by atoms with E-state index >= 15 is 0 Å². The number of nitrogens with zero attached hydrogens (tertiary/aromatic N) is 3. The van der Waals surface area contributed by atoms with E-state index in [1.54, 1.807) is 7.05 Å². The minimum atomic E-state index is -3.59. The summed E-state index contributed by atoms with van der Waals surface area (Å²) in [5, 5.41) is 11.6. The third-order valence-electron chi connectivity index (χ3n) is 3.13. The highest BCUT2D eigenvalue weighted by atomic mass is 35.5. The Morgan fingerprint density at radius 3 is 2.65 bits per heavy atom. The molecule has 0 radical (unpaired) electrons. The van der Waals surface area contributed by atoms with Crippen LogP contribution in [-0.4, -0.2) is 48.9 Å². The smallest absolute Gasteiger partial charge is 0.276 e. The van der Waals surface area contributed by atoms with Crippen LogP contribution in [0.3, 0.4) is 0 Å². The van der Waals surface area contributed by atoms with Gasteiger partial charge < -0.3 is 10.6 Å². The predicted octanol–water partition coefficient (Wildman–Crippen LogP) is 0.252. The molecule has 0 aliphatic carbocycles. The fourth-order valence-electron chi connectivity index (χ4n) is 2.05. The Labute approximate surface area is 122 Å². The van der Waals surface area contributed by atoms with Crippen LogP contribution in [0.25, 0.3) is 0 Å². The van der Waals surface area contributed by atoms with E-state index in [0.29, 0.717) is 42.7 Å². The van der Waals surface area contributed by atoms with Crippen LogP contribution in [0.2, 0.25) is 5.02 Å². The van der Waals surface area contributed by atoms with Crippen molar-refractivity contribution in [1.82, 2.24) is 14.3 Å². The van der Waals surface area contributed by atoms with E-state index < -0.39 is 10.2 Å². The normalized spacial score (nSPS) is 17.9. The van der Waals surface area contributed by atoms with Crippen LogP contribution in [0.15, 0.2) is 6.20 Å². The molecule has 1 saturated heterocycles. The predicted molar refractivity (Wildman–Crippen MR) is 77.9 cm³/mol. The van der Waals surface area contributed by atoms with E-state index in [1.165, 1.54) is 10.5 Å². The van der Waals surface area contributed by atoms with Gasteiger partial charge in [-0.3, -0.25) is 0 Å². The molecule has 0 saturated carbocycles. The van der Waals surface area contributed by atoms with Gasteiger partial charge in [-0.25, -0.2) is 10.1 Å². The van der Waals surface area contributed by atoms with Crippen molar-refractivity contribution in [3.8, 4) is 0 Å². The summed E-state index contributed by atoms with van der Waals surface area (Å²) in [7, 11) is -1.87. The van der Waals surface area contributed by atoms with E-state index in [9.17, 15) is 8.42 Å². The second kappa shape index (κ2) is 6.08. The first-order valence-corrected chi connectivity index (χ1v) is 8.03. The number of hydrogen-bond donors (Lipinski definition) is 3. The van der Waals surface area contributed by atoms with E-state index in [1.807, 2.05) is 0 Å². The summed E-state index contributed by atoms with van der Waals surface area (Å²) >= 11 is 5.91. The molecule has 0 bridgehead atoms. The second-order valence-electron chi connectivity index (χ2n) is 4.50. The standard InChI is InChI=1S/C10H17ClN6O2S/c1-13-9-8(11)6-14-10(16-9)15-7-2-4-17(5-3-7)20(12,18)19/h6-7H,2-5H2,1H3,(H2,12,18,19)(H2,13,14,15,16). The molecule has 0 atom stereocenters. The van der Waals surface area contributed by atoms with Crippen LogP contribution in [0.4, 0.5) is 11.8 Å². The van der Waals surface area contributed by atoms with Crippen molar-refractivity contribution in [3.05, 3.63) is 11.2 Å². The zero-order chi connectivity index (χ0) is 14.8. The van der Waals surface area contributed by atoms with Gasteiger partial charge in [-0.1, -0.05) is 11.6 Å². The summed E-state index contributed by atoms with van der Waals surface area (Å²) in [4.78, 5) is 8.33. The lowest BCUT2D eigenvalue weighted by Gasteiger charge is -2.30. The van der Waals surface area contributed by atoms with E-state index in [-0.39, 0.29) is 6.04 Å². The topological polar surface area (TPSA) is 113 Å². The summed E-state index contributed by atoms with van der Waals surface area (Å²) in [5.74, 6) is 1.01. The third-order valence-corrected chi connectivity index (χ3v) is 4.49.